The molecule has 1 saturated heterocycles. The summed E-state index contributed by atoms with van der Waals surface area (Å²) in [6.07, 6.45) is -0.435. The number of ether oxygens (including phenoxy) is 2. The summed E-state index contributed by atoms with van der Waals surface area (Å²) >= 11 is 0. The molecule has 12 heavy (non-hydrogen) atoms. The largest absolute Gasteiger partial charge is 0.411 e. The van der Waals surface area contributed by atoms with Crippen LogP contribution in [0.5, 0.6) is 0 Å². The Morgan fingerprint density at radius 1 is 1.67 bits per heavy atom. The van der Waals surface area contributed by atoms with E-state index < -0.39 is 11.9 Å². The highest BCUT2D eigenvalue weighted by Gasteiger charge is 2.35. The molecule has 0 unspecified atom stereocenters. The first kappa shape index (κ1) is 9.44. The van der Waals surface area contributed by atoms with Crippen LogP contribution in [0.4, 0.5) is 0 Å². The van der Waals surface area contributed by atoms with Crippen molar-refractivity contribution in [2.24, 2.45) is 5.16 Å². The van der Waals surface area contributed by atoms with E-state index >= 15 is 0 Å². The molecule has 0 saturated carbocycles. The van der Waals surface area contributed by atoms with Crippen molar-refractivity contribution >= 4 is 5.71 Å². The number of oxime groups is 1. The third kappa shape index (κ3) is 1.94. The predicted molar refractivity (Wildman–Crippen MR) is 41.2 cm³/mol. The van der Waals surface area contributed by atoms with Gasteiger partial charge in [-0.25, -0.2) is 0 Å². The zero-order chi connectivity index (χ0) is 9.19. The van der Waals surface area contributed by atoms with Crippen molar-refractivity contribution in [3.63, 3.8) is 0 Å². The van der Waals surface area contributed by atoms with Gasteiger partial charge in [-0.1, -0.05) is 5.16 Å². The first-order chi connectivity index (χ1) is 5.59. The van der Waals surface area contributed by atoms with Gasteiger partial charge in [0.05, 0.1) is 13.2 Å². The maximum Gasteiger partial charge on any atom is 0.163 e. The normalized spacial score (nSPS) is 29.2. The molecule has 0 aliphatic carbocycles. The first-order valence-electron chi connectivity index (χ1n) is 3.72. The van der Waals surface area contributed by atoms with Crippen molar-refractivity contribution in [3.05, 3.63) is 0 Å². The summed E-state index contributed by atoms with van der Waals surface area (Å²) in [5.41, 5.74) is 0.195. The van der Waals surface area contributed by atoms with Crippen molar-refractivity contribution in [3.8, 4) is 0 Å². The fourth-order valence-electron chi connectivity index (χ4n) is 1.05. The van der Waals surface area contributed by atoms with Crippen LogP contribution >= 0.6 is 0 Å². The number of aliphatic hydroxyl groups excluding tert-OH is 1. The molecule has 1 atom stereocenters. The molecule has 0 aromatic rings. The van der Waals surface area contributed by atoms with E-state index in [1.165, 1.54) is 0 Å². The maximum atomic E-state index is 8.73. The number of nitrogens with zero attached hydrogens (tertiary/aromatic N) is 1. The van der Waals surface area contributed by atoms with Crippen LogP contribution in [-0.4, -0.2) is 41.1 Å². The Morgan fingerprint density at radius 3 is 2.67 bits per heavy atom. The van der Waals surface area contributed by atoms with Crippen LogP contribution in [0, 0.1) is 0 Å². The molecule has 0 aromatic heterocycles. The zero-order valence-electron chi connectivity index (χ0n) is 7.15. The van der Waals surface area contributed by atoms with Crippen LogP contribution in [0.15, 0.2) is 5.16 Å². The summed E-state index contributed by atoms with van der Waals surface area (Å²) in [5.74, 6) is -0.657. The molecule has 1 aliphatic rings. The van der Waals surface area contributed by atoms with Crippen LogP contribution in [-0.2, 0) is 9.47 Å². The van der Waals surface area contributed by atoms with Crippen molar-refractivity contribution < 1.29 is 19.8 Å². The SMILES string of the molecule is CC1(C)OC[C@@H](/C(CO)=N/O)O1. The standard InChI is InChI=1S/C7H13NO4/c1-7(2)11-4-6(12-7)5(3-9)8-10/h6,9-10H,3-4H2,1-2H3/b8-5+/t6-/m0/s1. The Bertz CT molecular complexity index is 190. The lowest BCUT2D eigenvalue weighted by Gasteiger charge is -2.16. The Balaban J connectivity index is 2.57. The average molecular weight is 175 g/mol. The Labute approximate surface area is 70.6 Å². The molecule has 1 aliphatic heterocycles. The van der Waals surface area contributed by atoms with E-state index in [1.807, 2.05) is 0 Å². The fourth-order valence-corrected chi connectivity index (χ4v) is 1.05. The molecule has 0 radical (unpaired) electrons. The minimum atomic E-state index is -0.657. The van der Waals surface area contributed by atoms with Gasteiger partial charge in [0.2, 0.25) is 0 Å². The van der Waals surface area contributed by atoms with Crippen LogP contribution < -0.4 is 0 Å². The van der Waals surface area contributed by atoms with E-state index in [2.05, 4.69) is 5.16 Å². The zero-order valence-corrected chi connectivity index (χ0v) is 7.15. The number of rotatable bonds is 2. The highest BCUT2D eigenvalue weighted by molar-refractivity contribution is 5.89. The van der Waals surface area contributed by atoms with Gasteiger partial charge in [-0.05, 0) is 13.8 Å². The fraction of sp³-hybridized carbons (Fsp3) is 0.857. The minimum absolute atomic E-state index is 0.195. The Kier molecular flexibility index (Phi) is 2.66. The van der Waals surface area contributed by atoms with Crippen LogP contribution in [0.3, 0.4) is 0 Å². The van der Waals surface area contributed by atoms with Crippen molar-refractivity contribution in [1.82, 2.24) is 0 Å². The second-order valence-corrected chi connectivity index (χ2v) is 3.07. The number of hydrogen-bond acceptors (Lipinski definition) is 5. The monoisotopic (exact) mass is 175 g/mol. The minimum Gasteiger partial charge on any atom is -0.411 e. The molecule has 1 fully saturated rings. The van der Waals surface area contributed by atoms with Gasteiger partial charge in [0, 0.05) is 0 Å². The lowest BCUT2D eigenvalue weighted by molar-refractivity contribution is -0.131. The lowest BCUT2D eigenvalue weighted by atomic mass is 10.2. The third-order valence-electron chi connectivity index (χ3n) is 1.67. The van der Waals surface area contributed by atoms with Gasteiger partial charge >= 0.3 is 0 Å². The molecule has 5 nitrogen and oxygen atoms in total. The summed E-state index contributed by atoms with van der Waals surface area (Å²) in [4.78, 5) is 0. The highest BCUT2D eigenvalue weighted by Crippen LogP contribution is 2.22. The molecule has 1 rings (SSSR count). The molecule has 1 heterocycles. The summed E-state index contributed by atoms with van der Waals surface area (Å²) in [7, 11) is 0. The van der Waals surface area contributed by atoms with Crippen LogP contribution in [0.25, 0.3) is 0 Å². The summed E-state index contributed by atoms with van der Waals surface area (Å²) in [6.45, 7) is 3.52. The van der Waals surface area contributed by atoms with Gasteiger partial charge in [0.25, 0.3) is 0 Å². The second kappa shape index (κ2) is 3.38. The molecule has 0 amide bonds. The van der Waals surface area contributed by atoms with E-state index in [-0.39, 0.29) is 12.3 Å². The summed E-state index contributed by atoms with van der Waals surface area (Å²) < 4.78 is 10.5. The van der Waals surface area contributed by atoms with E-state index in [9.17, 15) is 0 Å². The molecule has 5 heteroatoms. The summed E-state index contributed by atoms with van der Waals surface area (Å²) in [6, 6.07) is 0. The van der Waals surface area contributed by atoms with E-state index in [0.717, 1.165) is 0 Å². The maximum absolute atomic E-state index is 8.73. The van der Waals surface area contributed by atoms with Gasteiger partial charge in [-0.15, -0.1) is 0 Å². The molecule has 0 spiro atoms. The molecular formula is C7H13NO4. The van der Waals surface area contributed by atoms with E-state index in [1.54, 1.807) is 13.8 Å². The van der Waals surface area contributed by atoms with Crippen LogP contribution in [0.2, 0.25) is 0 Å². The van der Waals surface area contributed by atoms with Gasteiger partial charge in [-0.3, -0.25) is 0 Å². The van der Waals surface area contributed by atoms with Gasteiger partial charge in [-0.2, -0.15) is 0 Å². The van der Waals surface area contributed by atoms with Gasteiger partial charge < -0.3 is 19.8 Å². The van der Waals surface area contributed by atoms with Crippen molar-refractivity contribution in [2.75, 3.05) is 13.2 Å². The highest BCUT2D eigenvalue weighted by atomic mass is 16.7. The molecule has 2 N–H and O–H groups in total. The van der Waals surface area contributed by atoms with Crippen LogP contribution in [0.1, 0.15) is 13.8 Å². The molecule has 70 valence electrons. The quantitative estimate of drug-likeness (QED) is 0.351. The molecule has 0 bridgehead atoms. The van der Waals surface area contributed by atoms with E-state index in [4.69, 9.17) is 19.8 Å². The first-order valence-corrected chi connectivity index (χ1v) is 3.72. The van der Waals surface area contributed by atoms with Gasteiger partial charge in [0.1, 0.15) is 11.8 Å². The van der Waals surface area contributed by atoms with Crippen molar-refractivity contribution in [2.45, 2.75) is 25.7 Å². The molecule has 0 aromatic carbocycles. The summed E-state index contributed by atoms with van der Waals surface area (Å²) in [5, 5.41) is 20.1. The smallest absolute Gasteiger partial charge is 0.163 e. The average Bonchev–Trinajstić information content (AvgIpc) is 2.34. The van der Waals surface area contributed by atoms with Gasteiger partial charge in [0.15, 0.2) is 5.79 Å². The van der Waals surface area contributed by atoms with E-state index in [0.29, 0.717) is 6.61 Å². The predicted octanol–water partition coefficient (Wildman–Crippen LogP) is -0.0396. The third-order valence-corrected chi connectivity index (χ3v) is 1.67. The van der Waals surface area contributed by atoms with Crippen molar-refractivity contribution in [1.29, 1.82) is 0 Å². The molecular weight excluding hydrogens is 162 g/mol. The Hall–Kier alpha value is -0.650. The Morgan fingerprint density at radius 2 is 2.33 bits per heavy atom. The topological polar surface area (TPSA) is 71.3 Å². The number of aliphatic hydroxyl groups is 1. The number of hydrogen-bond donors (Lipinski definition) is 2. The lowest BCUT2D eigenvalue weighted by Crippen LogP contribution is -2.29. The second-order valence-electron chi connectivity index (χ2n) is 3.07.